The fourth-order valence-corrected chi connectivity index (χ4v) is 1.97. The van der Waals surface area contributed by atoms with E-state index in [4.69, 9.17) is 9.47 Å². The van der Waals surface area contributed by atoms with Gasteiger partial charge in [0.05, 0.1) is 12.7 Å². The topological polar surface area (TPSA) is 52.6 Å². The van der Waals surface area contributed by atoms with Crippen LogP contribution in [0.1, 0.15) is 34.6 Å². The molecule has 4 heteroatoms. The van der Waals surface area contributed by atoms with E-state index in [0.717, 1.165) is 0 Å². The molecule has 0 fully saturated rings. The molecule has 0 radical (unpaired) electrons. The minimum atomic E-state index is -0.509. The van der Waals surface area contributed by atoms with E-state index in [0.29, 0.717) is 28.2 Å². The molecular weight excluding hydrogens is 292 g/mol. The highest BCUT2D eigenvalue weighted by molar-refractivity contribution is 6.08. The normalized spacial score (nSPS) is 11.4. The highest BCUT2D eigenvalue weighted by Crippen LogP contribution is 2.16. The van der Waals surface area contributed by atoms with Crippen molar-refractivity contribution in [1.29, 1.82) is 0 Å². The second-order valence-electron chi connectivity index (χ2n) is 4.99. The van der Waals surface area contributed by atoms with E-state index in [9.17, 15) is 9.59 Å². The van der Waals surface area contributed by atoms with Crippen LogP contribution >= 0.6 is 0 Å². The van der Waals surface area contributed by atoms with Gasteiger partial charge in [0, 0.05) is 11.1 Å². The fraction of sp³-hybridized carbons (Fsp3) is 0.158. The average Bonchev–Trinajstić information content (AvgIpc) is 2.61. The van der Waals surface area contributed by atoms with Crippen molar-refractivity contribution < 1.29 is 19.1 Å². The molecular formula is C19H18O4. The Morgan fingerprint density at radius 1 is 0.826 bits per heavy atom. The molecule has 4 nitrogen and oxygen atoms in total. The number of esters is 1. The first-order chi connectivity index (χ1) is 11.0. The molecule has 0 aliphatic carbocycles. The van der Waals surface area contributed by atoms with Gasteiger partial charge in [0.15, 0.2) is 5.78 Å². The van der Waals surface area contributed by atoms with Crippen LogP contribution in [0.5, 0.6) is 5.75 Å². The molecule has 0 aliphatic rings. The summed E-state index contributed by atoms with van der Waals surface area (Å²) in [5, 5.41) is 0. The number of carbonyl (C=O) groups excluding carboxylic acids is 2. The zero-order valence-electron chi connectivity index (χ0n) is 13.3. The maximum atomic E-state index is 12.3. The van der Waals surface area contributed by atoms with E-state index >= 15 is 0 Å². The SMILES string of the molecule is COc1ccc(C(=O)OC(C)=C(C)C(=O)c2ccccc2)cc1. The van der Waals surface area contributed by atoms with Crippen molar-refractivity contribution in [2.24, 2.45) is 0 Å². The summed E-state index contributed by atoms with van der Waals surface area (Å²) in [4.78, 5) is 24.4. The van der Waals surface area contributed by atoms with Gasteiger partial charge in [-0.25, -0.2) is 4.79 Å². The molecule has 0 amide bonds. The van der Waals surface area contributed by atoms with Crippen molar-refractivity contribution in [2.45, 2.75) is 13.8 Å². The Balaban J connectivity index is 2.13. The second-order valence-corrected chi connectivity index (χ2v) is 4.99. The summed E-state index contributed by atoms with van der Waals surface area (Å²) in [6.45, 7) is 3.25. The summed E-state index contributed by atoms with van der Waals surface area (Å²) >= 11 is 0. The maximum Gasteiger partial charge on any atom is 0.343 e. The fourth-order valence-electron chi connectivity index (χ4n) is 1.97. The van der Waals surface area contributed by atoms with Gasteiger partial charge in [0.25, 0.3) is 0 Å². The Morgan fingerprint density at radius 2 is 1.43 bits per heavy atom. The third-order valence-electron chi connectivity index (χ3n) is 3.48. The molecule has 0 N–H and O–H groups in total. The number of hydrogen-bond donors (Lipinski definition) is 0. The summed E-state index contributed by atoms with van der Waals surface area (Å²) < 4.78 is 10.3. The van der Waals surface area contributed by atoms with Crippen LogP contribution in [0.3, 0.4) is 0 Å². The Morgan fingerprint density at radius 3 is 2.00 bits per heavy atom. The molecule has 0 saturated heterocycles. The molecule has 0 atom stereocenters. The molecule has 0 aromatic heterocycles. The van der Waals surface area contributed by atoms with E-state index in [-0.39, 0.29) is 5.78 Å². The third-order valence-corrected chi connectivity index (χ3v) is 3.48. The number of Topliss-reactive ketones (excluding diaryl/α,β-unsaturated/α-hetero) is 1. The predicted molar refractivity (Wildman–Crippen MR) is 87.6 cm³/mol. The molecule has 0 bridgehead atoms. The molecule has 2 aromatic rings. The first kappa shape index (κ1) is 16.5. The van der Waals surface area contributed by atoms with Crippen molar-refractivity contribution in [3.63, 3.8) is 0 Å². The maximum absolute atomic E-state index is 12.3. The minimum absolute atomic E-state index is 0.161. The van der Waals surface area contributed by atoms with E-state index in [1.807, 2.05) is 6.07 Å². The van der Waals surface area contributed by atoms with Crippen LogP contribution in [0, 0.1) is 0 Å². The molecule has 2 aromatic carbocycles. The molecule has 0 saturated carbocycles. The lowest BCUT2D eigenvalue weighted by Gasteiger charge is -2.09. The Bertz CT molecular complexity index is 728. The summed E-state index contributed by atoms with van der Waals surface area (Å²) in [6.07, 6.45) is 0. The summed E-state index contributed by atoms with van der Waals surface area (Å²) in [6, 6.07) is 15.5. The van der Waals surface area contributed by atoms with Gasteiger partial charge in [0.1, 0.15) is 11.5 Å². The number of allylic oxidation sites excluding steroid dienone is 2. The standard InChI is InChI=1S/C19H18O4/c1-13(18(20)15-7-5-4-6-8-15)14(2)23-19(21)16-9-11-17(22-3)12-10-16/h4-12H,1-3H3. The quantitative estimate of drug-likeness (QED) is 0.362. The number of hydrogen-bond acceptors (Lipinski definition) is 4. The van der Waals surface area contributed by atoms with E-state index in [1.165, 1.54) is 0 Å². The van der Waals surface area contributed by atoms with Crippen LogP contribution in [-0.2, 0) is 4.74 Å². The van der Waals surface area contributed by atoms with Gasteiger partial charge in [-0.05, 0) is 38.1 Å². The summed E-state index contributed by atoms with van der Waals surface area (Å²) in [7, 11) is 1.55. The van der Waals surface area contributed by atoms with Crippen molar-refractivity contribution >= 4 is 11.8 Å². The summed E-state index contributed by atoms with van der Waals surface area (Å²) in [5.41, 5.74) is 1.35. The van der Waals surface area contributed by atoms with Crippen LogP contribution in [0.4, 0.5) is 0 Å². The van der Waals surface area contributed by atoms with Gasteiger partial charge >= 0.3 is 5.97 Å². The average molecular weight is 310 g/mol. The van der Waals surface area contributed by atoms with Crippen LogP contribution in [0.15, 0.2) is 65.9 Å². The molecule has 0 aliphatic heterocycles. The smallest absolute Gasteiger partial charge is 0.343 e. The molecule has 23 heavy (non-hydrogen) atoms. The van der Waals surface area contributed by atoms with E-state index in [2.05, 4.69) is 0 Å². The number of methoxy groups -OCH3 is 1. The van der Waals surface area contributed by atoms with Gasteiger partial charge in [-0.15, -0.1) is 0 Å². The van der Waals surface area contributed by atoms with Crippen molar-refractivity contribution in [1.82, 2.24) is 0 Å². The van der Waals surface area contributed by atoms with Gasteiger partial charge < -0.3 is 9.47 Å². The number of ether oxygens (including phenoxy) is 2. The number of ketones is 1. The second kappa shape index (κ2) is 7.40. The molecule has 0 unspecified atom stereocenters. The zero-order chi connectivity index (χ0) is 16.8. The lowest BCUT2D eigenvalue weighted by atomic mass is 10.0. The highest BCUT2D eigenvalue weighted by Gasteiger charge is 2.15. The first-order valence-corrected chi connectivity index (χ1v) is 7.16. The highest BCUT2D eigenvalue weighted by atomic mass is 16.5. The Labute approximate surface area is 135 Å². The molecule has 0 spiro atoms. The summed E-state index contributed by atoms with van der Waals surface area (Å²) in [5.74, 6) is 0.278. The van der Waals surface area contributed by atoms with Crippen molar-refractivity contribution in [3.8, 4) is 5.75 Å². The van der Waals surface area contributed by atoms with Crippen LogP contribution < -0.4 is 4.74 Å². The van der Waals surface area contributed by atoms with Gasteiger partial charge in [-0.3, -0.25) is 4.79 Å². The van der Waals surface area contributed by atoms with Crippen molar-refractivity contribution in [2.75, 3.05) is 7.11 Å². The van der Waals surface area contributed by atoms with E-state index < -0.39 is 5.97 Å². The number of benzene rings is 2. The Kier molecular flexibility index (Phi) is 5.31. The minimum Gasteiger partial charge on any atom is -0.497 e. The predicted octanol–water partition coefficient (Wildman–Crippen LogP) is 4.03. The van der Waals surface area contributed by atoms with Crippen LogP contribution in [-0.4, -0.2) is 18.9 Å². The zero-order valence-corrected chi connectivity index (χ0v) is 13.3. The van der Waals surface area contributed by atoms with Crippen molar-refractivity contribution in [3.05, 3.63) is 77.1 Å². The molecule has 2 rings (SSSR count). The Hall–Kier alpha value is -2.88. The van der Waals surface area contributed by atoms with Gasteiger partial charge in [0.2, 0.25) is 0 Å². The third kappa shape index (κ3) is 4.07. The van der Waals surface area contributed by atoms with Crippen LogP contribution in [0.25, 0.3) is 0 Å². The molecule has 118 valence electrons. The first-order valence-electron chi connectivity index (χ1n) is 7.16. The molecule has 0 heterocycles. The number of carbonyl (C=O) groups is 2. The van der Waals surface area contributed by atoms with Gasteiger partial charge in [-0.1, -0.05) is 30.3 Å². The number of rotatable bonds is 5. The van der Waals surface area contributed by atoms with E-state index in [1.54, 1.807) is 69.5 Å². The lowest BCUT2D eigenvalue weighted by Crippen LogP contribution is -2.09. The largest absolute Gasteiger partial charge is 0.497 e. The van der Waals surface area contributed by atoms with Gasteiger partial charge in [-0.2, -0.15) is 0 Å². The lowest BCUT2D eigenvalue weighted by molar-refractivity contribution is 0.0621. The monoisotopic (exact) mass is 310 g/mol. The van der Waals surface area contributed by atoms with Crippen LogP contribution in [0.2, 0.25) is 0 Å².